The van der Waals surface area contributed by atoms with Crippen LogP contribution in [0, 0.1) is 0 Å². The van der Waals surface area contributed by atoms with Gasteiger partial charge in [0, 0.05) is 16.4 Å². The Morgan fingerprint density at radius 3 is 2.84 bits per heavy atom. The summed E-state index contributed by atoms with van der Waals surface area (Å²) in [6.45, 7) is 7.22. The normalized spacial score (nSPS) is 17.1. The van der Waals surface area contributed by atoms with E-state index in [1.54, 1.807) is 0 Å². The molecular weight excluding hydrogens is 302 g/mol. The molecule has 0 radical (unpaired) electrons. The highest BCUT2D eigenvalue weighted by Crippen LogP contribution is 2.48. The highest BCUT2D eigenvalue weighted by Gasteiger charge is 2.44. The number of hydrogen-bond donors (Lipinski definition) is 2. The first-order valence-electron chi connectivity index (χ1n) is 6.46. The molecular formula is C15H20BrN3. The molecule has 0 aromatic heterocycles. The number of rotatable bonds is 5. The van der Waals surface area contributed by atoms with Crippen LogP contribution in [0.15, 0.2) is 45.9 Å². The molecule has 0 bridgehead atoms. The maximum absolute atomic E-state index is 5.85. The zero-order valence-corrected chi connectivity index (χ0v) is 12.8. The van der Waals surface area contributed by atoms with Gasteiger partial charge < -0.3 is 11.1 Å². The van der Waals surface area contributed by atoms with Crippen molar-refractivity contribution in [2.24, 2.45) is 10.7 Å². The number of halogens is 1. The zero-order chi connectivity index (χ0) is 13.9. The molecule has 1 fully saturated rings. The Morgan fingerprint density at radius 1 is 1.53 bits per heavy atom. The molecule has 0 heterocycles. The molecule has 3 N–H and O–H groups in total. The average Bonchev–Trinajstić information content (AvgIpc) is 3.15. The van der Waals surface area contributed by atoms with E-state index in [1.807, 2.05) is 13.0 Å². The van der Waals surface area contributed by atoms with Gasteiger partial charge in [0.1, 0.15) is 0 Å². The van der Waals surface area contributed by atoms with Gasteiger partial charge in [0.25, 0.3) is 0 Å². The highest BCUT2D eigenvalue weighted by molar-refractivity contribution is 9.10. The van der Waals surface area contributed by atoms with Crippen LogP contribution in [-0.2, 0) is 5.41 Å². The number of nitrogens with two attached hydrogens (primary N) is 1. The molecule has 0 amide bonds. The van der Waals surface area contributed by atoms with Gasteiger partial charge in [0.05, 0.1) is 6.54 Å². The van der Waals surface area contributed by atoms with E-state index < -0.39 is 0 Å². The third kappa shape index (κ3) is 3.83. The van der Waals surface area contributed by atoms with Crippen LogP contribution in [0.2, 0.25) is 0 Å². The van der Waals surface area contributed by atoms with Gasteiger partial charge in [-0.15, -0.1) is 0 Å². The Hall–Kier alpha value is -1.29. The Balaban J connectivity index is 1.99. The molecule has 4 heteroatoms. The monoisotopic (exact) mass is 321 g/mol. The topological polar surface area (TPSA) is 50.4 Å². The van der Waals surface area contributed by atoms with Gasteiger partial charge in [-0.1, -0.05) is 40.2 Å². The summed E-state index contributed by atoms with van der Waals surface area (Å²) in [4.78, 5) is 4.46. The molecule has 19 heavy (non-hydrogen) atoms. The van der Waals surface area contributed by atoms with Crippen molar-refractivity contribution in [2.45, 2.75) is 25.2 Å². The van der Waals surface area contributed by atoms with Crippen molar-refractivity contribution in [3.8, 4) is 0 Å². The first kappa shape index (κ1) is 14.1. The van der Waals surface area contributed by atoms with Crippen LogP contribution in [0.3, 0.4) is 0 Å². The van der Waals surface area contributed by atoms with Crippen molar-refractivity contribution < 1.29 is 0 Å². The average molecular weight is 322 g/mol. The van der Waals surface area contributed by atoms with Crippen LogP contribution in [0.4, 0.5) is 0 Å². The lowest BCUT2D eigenvalue weighted by Gasteiger charge is -2.14. The van der Waals surface area contributed by atoms with E-state index in [9.17, 15) is 0 Å². The molecule has 0 saturated heterocycles. The maximum atomic E-state index is 5.85. The predicted molar refractivity (Wildman–Crippen MR) is 84.4 cm³/mol. The van der Waals surface area contributed by atoms with E-state index in [-0.39, 0.29) is 5.41 Å². The Kier molecular flexibility index (Phi) is 4.30. The van der Waals surface area contributed by atoms with E-state index in [2.05, 4.69) is 51.0 Å². The van der Waals surface area contributed by atoms with Crippen LogP contribution < -0.4 is 11.1 Å². The minimum atomic E-state index is 0.194. The third-order valence-corrected chi connectivity index (χ3v) is 3.91. The number of nitrogens with zero attached hydrogens (tertiary/aromatic N) is 1. The molecule has 0 spiro atoms. The lowest BCUT2D eigenvalue weighted by molar-refractivity contribution is 0.701. The summed E-state index contributed by atoms with van der Waals surface area (Å²) < 4.78 is 1.12. The van der Waals surface area contributed by atoms with Crippen molar-refractivity contribution in [3.05, 3.63) is 46.5 Å². The summed E-state index contributed by atoms with van der Waals surface area (Å²) in [5.74, 6) is 0.504. The summed E-state index contributed by atoms with van der Waals surface area (Å²) in [6.07, 6.45) is 2.36. The minimum absolute atomic E-state index is 0.194. The van der Waals surface area contributed by atoms with Gasteiger partial charge in [-0.3, -0.25) is 4.99 Å². The molecule has 1 saturated carbocycles. The Labute approximate surface area is 123 Å². The number of hydrogen-bond acceptors (Lipinski definition) is 1. The van der Waals surface area contributed by atoms with Crippen LogP contribution >= 0.6 is 15.9 Å². The molecule has 1 aliphatic carbocycles. The lowest BCUT2D eigenvalue weighted by atomic mass is 9.96. The standard InChI is InChI=1S/C15H20BrN3/c1-11(2)9-18-14(17)19-10-15(6-7-15)12-4-3-5-13(16)8-12/h3-5,8H,1,6-7,9-10H2,2H3,(H3,17,18,19). The smallest absolute Gasteiger partial charge is 0.188 e. The SMILES string of the molecule is C=C(C)CNC(N)=NCC1(c2cccc(Br)c2)CC1. The van der Waals surface area contributed by atoms with Gasteiger partial charge in [0.15, 0.2) is 5.96 Å². The van der Waals surface area contributed by atoms with E-state index in [0.717, 1.165) is 16.6 Å². The van der Waals surface area contributed by atoms with E-state index >= 15 is 0 Å². The van der Waals surface area contributed by atoms with Gasteiger partial charge in [-0.25, -0.2) is 0 Å². The first-order valence-corrected chi connectivity index (χ1v) is 7.25. The van der Waals surface area contributed by atoms with Crippen molar-refractivity contribution in [1.82, 2.24) is 5.32 Å². The van der Waals surface area contributed by atoms with E-state index in [0.29, 0.717) is 12.5 Å². The zero-order valence-electron chi connectivity index (χ0n) is 11.2. The van der Waals surface area contributed by atoms with Crippen molar-refractivity contribution >= 4 is 21.9 Å². The molecule has 0 atom stereocenters. The Bertz CT molecular complexity index is 504. The van der Waals surface area contributed by atoms with Crippen LogP contribution in [0.1, 0.15) is 25.3 Å². The Morgan fingerprint density at radius 2 is 2.26 bits per heavy atom. The first-order chi connectivity index (χ1) is 9.02. The summed E-state index contributed by atoms with van der Waals surface area (Å²) in [5.41, 5.74) is 8.44. The number of guanidine groups is 1. The second-order valence-corrected chi connectivity index (χ2v) is 6.22. The quantitative estimate of drug-likeness (QED) is 0.497. The lowest BCUT2D eigenvalue weighted by Crippen LogP contribution is -2.33. The molecule has 0 aliphatic heterocycles. The van der Waals surface area contributed by atoms with Crippen LogP contribution in [0.5, 0.6) is 0 Å². The fourth-order valence-corrected chi connectivity index (χ4v) is 2.44. The number of nitrogens with one attached hydrogen (secondary N) is 1. The molecule has 2 rings (SSSR count). The van der Waals surface area contributed by atoms with Gasteiger partial charge >= 0.3 is 0 Å². The second kappa shape index (κ2) is 5.78. The van der Waals surface area contributed by atoms with Gasteiger partial charge in [-0.2, -0.15) is 0 Å². The predicted octanol–water partition coefficient (Wildman–Crippen LogP) is 2.96. The fraction of sp³-hybridized carbons (Fsp3) is 0.400. The molecule has 102 valence electrons. The molecule has 1 aromatic rings. The fourth-order valence-electron chi connectivity index (χ4n) is 2.04. The van der Waals surface area contributed by atoms with Crippen molar-refractivity contribution in [1.29, 1.82) is 0 Å². The van der Waals surface area contributed by atoms with Gasteiger partial charge in [-0.05, 0) is 37.5 Å². The summed E-state index contributed by atoms with van der Waals surface area (Å²) in [6, 6.07) is 8.47. The second-order valence-electron chi connectivity index (χ2n) is 5.30. The minimum Gasteiger partial charge on any atom is -0.370 e. The van der Waals surface area contributed by atoms with E-state index in [1.165, 1.54) is 18.4 Å². The highest BCUT2D eigenvalue weighted by atomic mass is 79.9. The van der Waals surface area contributed by atoms with Crippen LogP contribution in [0.25, 0.3) is 0 Å². The number of aliphatic imine (C=N–C) groups is 1. The molecule has 1 aromatic carbocycles. The number of benzene rings is 1. The van der Waals surface area contributed by atoms with E-state index in [4.69, 9.17) is 5.73 Å². The maximum Gasteiger partial charge on any atom is 0.188 e. The van der Waals surface area contributed by atoms with Crippen molar-refractivity contribution in [2.75, 3.05) is 13.1 Å². The largest absolute Gasteiger partial charge is 0.370 e. The summed E-state index contributed by atoms with van der Waals surface area (Å²) >= 11 is 3.52. The summed E-state index contributed by atoms with van der Waals surface area (Å²) in [7, 11) is 0. The van der Waals surface area contributed by atoms with Crippen LogP contribution in [-0.4, -0.2) is 19.0 Å². The molecule has 0 unspecified atom stereocenters. The third-order valence-electron chi connectivity index (χ3n) is 3.41. The molecule has 3 nitrogen and oxygen atoms in total. The van der Waals surface area contributed by atoms with Gasteiger partial charge in [0.2, 0.25) is 0 Å². The molecule has 1 aliphatic rings. The van der Waals surface area contributed by atoms with Crippen molar-refractivity contribution in [3.63, 3.8) is 0 Å². The summed E-state index contributed by atoms with van der Waals surface area (Å²) in [5, 5.41) is 3.06.